The van der Waals surface area contributed by atoms with Crippen molar-refractivity contribution in [1.29, 1.82) is 0 Å². The van der Waals surface area contributed by atoms with Crippen LogP contribution in [0.5, 0.6) is 5.88 Å². The SMILES string of the molecule is COc1nc(C)c(N)c(C)c1Cl. The fraction of sp³-hybridized carbons (Fsp3) is 0.375. The third kappa shape index (κ3) is 1.32. The fourth-order valence-corrected chi connectivity index (χ4v) is 1.17. The highest BCUT2D eigenvalue weighted by Crippen LogP contribution is 2.30. The maximum atomic E-state index is 5.90. The van der Waals surface area contributed by atoms with Crippen molar-refractivity contribution in [1.82, 2.24) is 4.98 Å². The molecular weight excluding hydrogens is 176 g/mol. The molecule has 1 aromatic heterocycles. The van der Waals surface area contributed by atoms with Crippen molar-refractivity contribution in [3.8, 4) is 5.88 Å². The number of nitrogens with zero attached hydrogens (tertiary/aromatic N) is 1. The molecule has 0 amide bonds. The molecule has 2 N–H and O–H groups in total. The first-order chi connectivity index (χ1) is 5.57. The molecule has 0 saturated carbocycles. The van der Waals surface area contributed by atoms with Crippen molar-refractivity contribution in [3.05, 3.63) is 16.3 Å². The van der Waals surface area contributed by atoms with Gasteiger partial charge in [0.15, 0.2) is 0 Å². The zero-order chi connectivity index (χ0) is 9.30. The van der Waals surface area contributed by atoms with Crippen LogP contribution in [-0.4, -0.2) is 12.1 Å². The number of aromatic nitrogens is 1. The van der Waals surface area contributed by atoms with Crippen LogP contribution in [0.25, 0.3) is 0 Å². The summed E-state index contributed by atoms with van der Waals surface area (Å²) in [5.41, 5.74) is 7.89. The standard InChI is InChI=1S/C8H11ClN2O/c1-4-6(9)8(12-3)11-5(2)7(4)10/h10H2,1-3H3. The molecule has 0 saturated heterocycles. The van der Waals surface area contributed by atoms with Crippen LogP contribution in [0.1, 0.15) is 11.3 Å². The van der Waals surface area contributed by atoms with Crippen molar-refractivity contribution < 1.29 is 4.74 Å². The van der Waals surface area contributed by atoms with Gasteiger partial charge in [-0.1, -0.05) is 11.6 Å². The number of ether oxygens (including phenoxy) is 1. The molecule has 0 aliphatic rings. The van der Waals surface area contributed by atoms with Crippen LogP contribution in [-0.2, 0) is 0 Å². The average Bonchev–Trinajstić information content (AvgIpc) is 2.08. The molecule has 0 atom stereocenters. The lowest BCUT2D eigenvalue weighted by Crippen LogP contribution is -2.00. The van der Waals surface area contributed by atoms with Gasteiger partial charge in [-0.2, -0.15) is 0 Å². The normalized spacial score (nSPS) is 10.0. The van der Waals surface area contributed by atoms with Gasteiger partial charge < -0.3 is 10.5 Å². The molecule has 0 spiro atoms. The monoisotopic (exact) mass is 186 g/mol. The summed E-state index contributed by atoms with van der Waals surface area (Å²) in [4.78, 5) is 4.07. The van der Waals surface area contributed by atoms with E-state index in [1.807, 2.05) is 13.8 Å². The molecule has 0 bridgehead atoms. The number of nitrogens with two attached hydrogens (primary N) is 1. The number of pyridine rings is 1. The van der Waals surface area contributed by atoms with Gasteiger partial charge in [0.25, 0.3) is 0 Å². The van der Waals surface area contributed by atoms with Gasteiger partial charge in [0.1, 0.15) is 5.02 Å². The molecule has 66 valence electrons. The molecule has 4 heteroatoms. The lowest BCUT2D eigenvalue weighted by Gasteiger charge is -2.09. The third-order valence-electron chi connectivity index (χ3n) is 1.77. The topological polar surface area (TPSA) is 48.1 Å². The van der Waals surface area contributed by atoms with Gasteiger partial charge in [0.2, 0.25) is 5.88 Å². The Labute approximate surface area is 76.5 Å². The highest BCUT2D eigenvalue weighted by atomic mass is 35.5. The molecule has 12 heavy (non-hydrogen) atoms. The summed E-state index contributed by atoms with van der Waals surface area (Å²) in [6, 6.07) is 0. The fourth-order valence-electron chi connectivity index (χ4n) is 0.947. The molecule has 0 radical (unpaired) electrons. The molecule has 0 aliphatic carbocycles. The van der Waals surface area contributed by atoms with E-state index in [1.54, 1.807) is 0 Å². The van der Waals surface area contributed by atoms with Crippen LogP contribution >= 0.6 is 11.6 Å². The summed E-state index contributed by atoms with van der Waals surface area (Å²) in [5, 5.41) is 0.487. The molecule has 0 fully saturated rings. The van der Waals surface area contributed by atoms with Crippen LogP contribution in [0.15, 0.2) is 0 Å². The Kier molecular flexibility index (Phi) is 2.43. The molecular formula is C8H11ClN2O. The maximum absolute atomic E-state index is 5.90. The van der Waals surface area contributed by atoms with E-state index >= 15 is 0 Å². The van der Waals surface area contributed by atoms with E-state index in [9.17, 15) is 0 Å². The summed E-state index contributed by atoms with van der Waals surface area (Å²) >= 11 is 5.90. The zero-order valence-electron chi connectivity index (χ0n) is 7.31. The molecule has 3 nitrogen and oxygen atoms in total. The highest BCUT2D eigenvalue weighted by molar-refractivity contribution is 6.33. The molecule has 0 unspecified atom stereocenters. The van der Waals surface area contributed by atoms with Crippen LogP contribution in [0.4, 0.5) is 5.69 Å². The summed E-state index contributed by atoms with van der Waals surface area (Å²) in [6.45, 7) is 3.66. The molecule has 0 aromatic carbocycles. The lowest BCUT2D eigenvalue weighted by atomic mass is 10.2. The van der Waals surface area contributed by atoms with Crippen molar-refractivity contribution in [2.75, 3.05) is 12.8 Å². The Morgan fingerprint density at radius 3 is 2.50 bits per heavy atom. The number of anilines is 1. The van der Waals surface area contributed by atoms with Crippen molar-refractivity contribution in [3.63, 3.8) is 0 Å². The first-order valence-electron chi connectivity index (χ1n) is 3.54. The minimum atomic E-state index is 0.431. The zero-order valence-corrected chi connectivity index (χ0v) is 8.07. The van der Waals surface area contributed by atoms with Gasteiger partial charge in [-0.25, -0.2) is 4.98 Å². The van der Waals surface area contributed by atoms with Gasteiger partial charge >= 0.3 is 0 Å². The predicted molar refractivity (Wildman–Crippen MR) is 49.7 cm³/mol. The van der Waals surface area contributed by atoms with Gasteiger partial charge in [0.05, 0.1) is 18.5 Å². The quantitative estimate of drug-likeness (QED) is 0.729. The summed E-state index contributed by atoms with van der Waals surface area (Å²) in [6.07, 6.45) is 0. The van der Waals surface area contributed by atoms with Gasteiger partial charge in [0, 0.05) is 0 Å². The Morgan fingerprint density at radius 1 is 1.42 bits per heavy atom. The summed E-state index contributed by atoms with van der Waals surface area (Å²) in [7, 11) is 1.53. The minimum Gasteiger partial charge on any atom is -0.480 e. The van der Waals surface area contributed by atoms with Gasteiger partial charge in [-0.05, 0) is 19.4 Å². The Morgan fingerprint density at radius 2 is 2.00 bits per heavy atom. The van der Waals surface area contributed by atoms with Crippen LogP contribution in [0.3, 0.4) is 0 Å². The number of hydrogen-bond acceptors (Lipinski definition) is 3. The van der Waals surface area contributed by atoms with Gasteiger partial charge in [-0.15, -0.1) is 0 Å². The number of hydrogen-bond donors (Lipinski definition) is 1. The van der Waals surface area contributed by atoms with E-state index in [0.717, 1.165) is 11.3 Å². The van der Waals surface area contributed by atoms with Crippen molar-refractivity contribution in [2.45, 2.75) is 13.8 Å². The van der Waals surface area contributed by atoms with E-state index in [2.05, 4.69) is 4.98 Å². The van der Waals surface area contributed by atoms with E-state index < -0.39 is 0 Å². The number of nitrogen functional groups attached to an aromatic ring is 1. The van der Waals surface area contributed by atoms with E-state index in [4.69, 9.17) is 22.1 Å². The molecule has 1 heterocycles. The van der Waals surface area contributed by atoms with Gasteiger partial charge in [-0.3, -0.25) is 0 Å². The van der Waals surface area contributed by atoms with Crippen LogP contribution < -0.4 is 10.5 Å². The summed E-state index contributed by atoms with van der Waals surface area (Å²) < 4.78 is 4.96. The van der Waals surface area contributed by atoms with E-state index in [-0.39, 0.29) is 0 Å². The Hall–Kier alpha value is -0.960. The smallest absolute Gasteiger partial charge is 0.232 e. The molecule has 1 rings (SSSR count). The number of aryl methyl sites for hydroxylation is 1. The van der Waals surface area contributed by atoms with E-state index in [0.29, 0.717) is 16.6 Å². The largest absolute Gasteiger partial charge is 0.480 e. The Bertz CT molecular complexity index is 312. The summed E-state index contributed by atoms with van der Waals surface area (Å²) in [5.74, 6) is 0.431. The molecule has 0 aliphatic heterocycles. The maximum Gasteiger partial charge on any atom is 0.232 e. The van der Waals surface area contributed by atoms with E-state index in [1.165, 1.54) is 7.11 Å². The third-order valence-corrected chi connectivity index (χ3v) is 2.22. The highest BCUT2D eigenvalue weighted by Gasteiger charge is 2.10. The second-order valence-electron chi connectivity index (χ2n) is 2.56. The molecule has 1 aromatic rings. The number of rotatable bonds is 1. The lowest BCUT2D eigenvalue weighted by molar-refractivity contribution is 0.397. The minimum absolute atomic E-state index is 0.431. The Balaban J connectivity index is 3.39. The first kappa shape index (κ1) is 9.13. The average molecular weight is 187 g/mol. The first-order valence-corrected chi connectivity index (χ1v) is 3.92. The van der Waals surface area contributed by atoms with Crippen LogP contribution in [0.2, 0.25) is 5.02 Å². The number of halogens is 1. The number of methoxy groups -OCH3 is 1. The second kappa shape index (κ2) is 3.19. The second-order valence-corrected chi connectivity index (χ2v) is 2.94. The van der Waals surface area contributed by atoms with Crippen molar-refractivity contribution >= 4 is 17.3 Å². The predicted octanol–water partition coefficient (Wildman–Crippen LogP) is 1.94. The van der Waals surface area contributed by atoms with Crippen LogP contribution in [0, 0.1) is 13.8 Å². The van der Waals surface area contributed by atoms with Crippen molar-refractivity contribution in [2.24, 2.45) is 0 Å².